The molecule has 0 unspecified atom stereocenters. The molecule has 0 radical (unpaired) electrons. The summed E-state index contributed by atoms with van der Waals surface area (Å²) in [6, 6.07) is 5.69. The van der Waals surface area contributed by atoms with E-state index in [-0.39, 0.29) is 18.1 Å². The number of rotatable bonds is 6. The van der Waals surface area contributed by atoms with Crippen LogP contribution < -0.4 is 11.1 Å². The summed E-state index contributed by atoms with van der Waals surface area (Å²) in [5, 5.41) is 13.1. The van der Waals surface area contributed by atoms with Gasteiger partial charge >= 0.3 is 0 Å². The topological polar surface area (TPSA) is 102 Å². The molecule has 7 heteroatoms. The highest BCUT2D eigenvalue weighted by Gasteiger charge is 2.08. The zero-order valence-electron chi connectivity index (χ0n) is 10.1. The Morgan fingerprint density at radius 2 is 2.06 bits per heavy atom. The molecule has 0 bridgehead atoms. The lowest BCUT2D eigenvalue weighted by Crippen LogP contribution is -2.33. The number of hydrogen-bond acceptors (Lipinski definition) is 5. The summed E-state index contributed by atoms with van der Waals surface area (Å²) in [5.74, 6) is -0.181. The first-order valence-corrected chi connectivity index (χ1v) is 5.46. The van der Waals surface area contributed by atoms with Crippen LogP contribution in [0, 0.1) is 10.1 Å². The number of likely N-dealkylation sites (N-methyl/N-ethyl adjacent to an activating group) is 1. The SMILES string of the molecule is CN(CCN)CC(=O)Nc1ccc([N+](=O)[O-])cc1. The number of amides is 1. The molecule has 0 spiro atoms. The first-order valence-electron chi connectivity index (χ1n) is 5.46. The smallest absolute Gasteiger partial charge is 0.269 e. The van der Waals surface area contributed by atoms with Crippen LogP contribution in [0.15, 0.2) is 24.3 Å². The van der Waals surface area contributed by atoms with Crippen molar-refractivity contribution in [1.82, 2.24) is 4.90 Å². The molecule has 0 saturated carbocycles. The average molecular weight is 252 g/mol. The van der Waals surface area contributed by atoms with Crippen molar-refractivity contribution in [1.29, 1.82) is 0 Å². The lowest BCUT2D eigenvalue weighted by Gasteiger charge is -2.14. The molecule has 1 amide bonds. The van der Waals surface area contributed by atoms with Crippen molar-refractivity contribution in [2.75, 3.05) is 32.0 Å². The predicted octanol–water partition coefficient (Wildman–Crippen LogP) is 0.424. The largest absolute Gasteiger partial charge is 0.329 e. The number of non-ortho nitro benzene ring substituents is 1. The number of nitro groups is 1. The van der Waals surface area contributed by atoms with E-state index in [1.807, 2.05) is 0 Å². The molecule has 0 heterocycles. The summed E-state index contributed by atoms with van der Waals surface area (Å²) in [6.07, 6.45) is 0. The maximum atomic E-state index is 11.6. The molecule has 3 N–H and O–H groups in total. The summed E-state index contributed by atoms with van der Waals surface area (Å²) in [5.41, 5.74) is 5.89. The minimum absolute atomic E-state index is 0.00625. The van der Waals surface area contributed by atoms with E-state index >= 15 is 0 Å². The average Bonchev–Trinajstić information content (AvgIpc) is 2.29. The summed E-state index contributed by atoms with van der Waals surface area (Å²) in [6.45, 7) is 1.35. The Hall–Kier alpha value is -1.99. The minimum atomic E-state index is -0.485. The van der Waals surface area contributed by atoms with Crippen LogP contribution in [0.25, 0.3) is 0 Å². The van der Waals surface area contributed by atoms with E-state index in [1.165, 1.54) is 24.3 Å². The molecule has 0 saturated heterocycles. The second-order valence-corrected chi connectivity index (χ2v) is 3.88. The van der Waals surface area contributed by atoms with Gasteiger partial charge in [-0.15, -0.1) is 0 Å². The Labute approximate surface area is 105 Å². The number of nitrogens with one attached hydrogen (secondary N) is 1. The Morgan fingerprint density at radius 3 is 2.56 bits per heavy atom. The lowest BCUT2D eigenvalue weighted by atomic mass is 10.3. The fourth-order valence-corrected chi connectivity index (χ4v) is 1.41. The van der Waals surface area contributed by atoms with E-state index in [9.17, 15) is 14.9 Å². The van der Waals surface area contributed by atoms with Crippen molar-refractivity contribution in [2.24, 2.45) is 5.73 Å². The second kappa shape index (κ2) is 6.67. The third kappa shape index (κ3) is 4.48. The predicted molar refractivity (Wildman–Crippen MR) is 68.3 cm³/mol. The maximum Gasteiger partial charge on any atom is 0.269 e. The van der Waals surface area contributed by atoms with Gasteiger partial charge in [0, 0.05) is 30.9 Å². The van der Waals surface area contributed by atoms with Crippen molar-refractivity contribution in [2.45, 2.75) is 0 Å². The van der Waals surface area contributed by atoms with Gasteiger partial charge in [-0.25, -0.2) is 0 Å². The van der Waals surface area contributed by atoms with Gasteiger partial charge in [0.25, 0.3) is 5.69 Å². The number of carbonyl (C=O) groups is 1. The minimum Gasteiger partial charge on any atom is -0.329 e. The molecule has 0 fully saturated rings. The zero-order valence-corrected chi connectivity index (χ0v) is 10.1. The van der Waals surface area contributed by atoms with E-state index in [2.05, 4.69) is 5.32 Å². The normalized spacial score (nSPS) is 10.4. The van der Waals surface area contributed by atoms with E-state index in [1.54, 1.807) is 11.9 Å². The van der Waals surface area contributed by atoms with Gasteiger partial charge in [-0.3, -0.25) is 19.8 Å². The molecule has 1 aromatic rings. The van der Waals surface area contributed by atoms with Gasteiger partial charge in [0.2, 0.25) is 5.91 Å². The summed E-state index contributed by atoms with van der Waals surface area (Å²) >= 11 is 0. The first-order chi connectivity index (χ1) is 8.52. The van der Waals surface area contributed by atoms with Crippen LogP contribution in [0.1, 0.15) is 0 Å². The number of benzene rings is 1. The summed E-state index contributed by atoms with van der Waals surface area (Å²) in [7, 11) is 1.79. The summed E-state index contributed by atoms with van der Waals surface area (Å²) in [4.78, 5) is 23.3. The molecule has 1 aromatic carbocycles. The Bertz CT molecular complexity index is 419. The highest BCUT2D eigenvalue weighted by molar-refractivity contribution is 5.92. The molecular formula is C11H16N4O3. The molecule has 0 aliphatic rings. The third-order valence-electron chi connectivity index (χ3n) is 2.29. The summed E-state index contributed by atoms with van der Waals surface area (Å²) < 4.78 is 0. The zero-order chi connectivity index (χ0) is 13.5. The van der Waals surface area contributed by atoms with Crippen molar-refractivity contribution in [3.63, 3.8) is 0 Å². The van der Waals surface area contributed by atoms with E-state index in [0.29, 0.717) is 18.8 Å². The van der Waals surface area contributed by atoms with Gasteiger partial charge in [-0.2, -0.15) is 0 Å². The Balaban J connectivity index is 2.51. The first kappa shape index (κ1) is 14.1. The highest BCUT2D eigenvalue weighted by atomic mass is 16.6. The van der Waals surface area contributed by atoms with E-state index in [0.717, 1.165) is 0 Å². The molecule has 1 rings (SSSR count). The van der Waals surface area contributed by atoms with Crippen molar-refractivity contribution < 1.29 is 9.72 Å². The molecule has 0 aromatic heterocycles. The molecule has 0 aliphatic carbocycles. The Morgan fingerprint density at radius 1 is 1.44 bits per heavy atom. The van der Waals surface area contributed by atoms with Crippen LogP contribution in [0.5, 0.6) is 0 Å². The van der Waals surface area contributed by atoms with Gasteiger partial charge in [0.1, 0.15) is 0 Å². The number of nitrogens with two attached hydrogens (primary N) is 1. The van der Waals surface area contributed by atoms with Crippen LogP contribution in [0.2, 0.25) is 0 Å². The molecule has 0 atom stereocenters. The number of nitrogens with zero attached hydrogens (tertiary/aromatic N) is 2. The van der Waals surface area contributed by atoms with Crippen molar-refractivity contribution >= 4 is 17.3 Å². The Kier molecular flexibility index (Phi) is 5.22. The van der Waals surface area contributed by atoms with Gasteiger partial charge in [0.05, 0.1) is 11.5 Å². The molecular weight excluding hydrogens is 236 g/mol. The fourth-order valence-electron chi connectivity index (χ4n) is 1.41. The number of carbonyl (C=O) groups excluding carboxylic acids is 1. The van der Waals surface area contributed by atoms with Gasteiger partial charge in [-0.1, -0.05) is 0 Å². The molecule has 7 nitrogen and oxygen atoms in total. The maximum absolute atomic E-state index is 11.6. The van der Waals surface area contributed by atoms with Crippen LogP contribution in [0.4, 0.5) is 11.4 Å². The lowest BCUT2D eigenvalue weighted by molar-refractivity contribution is -0.384. The highest BCUT2D eigenvalue weighted by Crippen LogP contribution is 2.15. The third-order valence-corrected chi connectivity index (χ3v) is 2.29. The van der Waals surface area contributed by atoms with Crippen LogP contribution in [-0.4, -0.2) is 42.4 Å². The molecule has 98 valence electrons. The van der Waals surface area contributed by atoms with Gasteiger partial charge in [-0.05, 0) is 19.2 Å². The second-order valence-electron chi connectivity index (χ2n) is 3.88. The van der Waals surface area contributed by atoms with Crippen LogP contribution >= 0.6 is 0 Å². The number of hydrogen-bond donors (Lipinski definition) is 2. The van der Waals surface area contributed by atoms with Gasteiger partial charge in [0.15, 0.2) is 0 Å². The fraction of sp³-hybridized carbons (Fsp3) is 0.364. The molecule has 0 aliphatic heterocycles. The van der Waals surface area contributed by atoms with E-state index in [4.69, 9.17) is 5.73 Å². The quantitative estimate of drug-likeness (QED) is 0.564. The van der Waals surface area contributed by atoms with Crippen LogP contribution in [0.3, 0.4) is 0 Å². The van der Waals surface area contributed by atoms with Gasteiger partial charge < -0.3 is 11.1 Å². The monoisotopic (exact) mass is 252 g/mol. The van der Waals surface area contributed by atoms with Crippen molar-refractivity contribution in [3.8, 4) is 0 Å². The number of nitro benzene ring substituents is 1. The van der Waals surface area contributed by atoms with Crippen molar-refractivity contribution in [3.05, 3.63) is 34.4 Å². The number of anilines is 1. The van der Waals surface area contributed by atoms with E-state index < -0.39 is 4.92 Å². The molecule has 18 heavy (non-hydrogen) atoms. The van der Waals surface area contributed by atoms with Crippen LogP contribution in [-0.2, 0) is 4.79 Å². The standard InChI is InChI=1S/C11H16N4O3/c1-14(7-6-12)8-11(16)13-9-2-4-10(5-3-9)15(17)18/h2-5H,6-8,12H2,1H3,(H,13,16).